The van der Waals surface area contributed by atoms with Crippen LogP contribution >= 0.6 is 0 Å². The lowest BCUT2D eigenvalue weighted by molar-refractivity contribution is -0.139. The Morgan fingerprint density at radius 3 is 2.88 bits per heavy atom. The van der Waals surface area contributed by atoms with Gasteiger partial charge in [-0.05, 0) is 6.42 Å². The number of carbonyl (C=O) groups excluding carboxylic acids is 1. The van der Waals surface area contributed by atoms with Crippen LogP contribution in [0.1, 0.15) is 19.0 Å². The first-order valence-electron chi connectivity index (χ1n) is 4.80. The van der Waals surface area contributed by atoms with Gasteiger partial charge in [-0.3, -0.25) is 0 Å². The Kier molecular flexibility index (Phi) is 4.31. The standard InChI is InChI=1S/C9H13N3O4/c1-2-7(8(13)14)11-9(15)10-5-6-3-4-16-12-6/h3-4,7H,2,5H2,1H3,(H,13,14)(H2,10,11,15)/t7-/m0/s1. The second-order valence-electron chi connectivity index (χ2n) is 3.12. The molecule has 1 rings (SSSR count). The number of carboxylic acid groups (broad SMARTS) is 1. The smallest absolute Gasteiger partial charge is 0.326 e. The van der Waals surface area contributed by atoms with Gasteiger partial charge in [0.1, 0.15) is 18.0 Å². The van der Waals surface area contributed by atoms with Crippen LogP contribution in [0, 0.1) is 0 Å². The fraction of sp³-hybridized carbons (Fsp3) is 0.444. The third-order valence-corrected chi connectivity index (χ3v) is 1.93. The average Bonchev–Trinajstić information content (AvgIpc) is 2.75. The molecular weight excluding hydrogens is 214 g/mol. The van der Waals surface area contributed by atoms with Gasteiger partial charge in [0, 0.05) is 6.07 Å². The number of aliphatic carboxylic acids is 1. The van der Waals surface area contributed by atoms with Crippen molar-refractivity contribution in [3.05, 3.63) is 18.0 Å². The van der Waals surface area contributed by atoms with E-state index in [1.54, 1.807) is 13.0 Å². The zero-order chi connectivity index (χ0) is 12.0. The summed E-state index contributed by atoms with van der Waals surface area (Å²) >= 11 is 0. The molecule has 88 valence electrons. The van der Waals surface area contributed by atoms with Gasteiger partial charge in [-0.2, -0.15) is 0 Å². The summed E-state index contributed by atoms with van der Waals surface area (Å²) in [6, 6.07) is 0.184. The van der Waals surface area contributed by atoms with E-state index < -0.39 is 18.0 Å². The van der Waals surface area contributed by atoms with Crippen molar-refractivity contribution in [3.63, 3.8) is 0 Å². The average molecular weight is 227 g/mol. The maximum absolute atomic E-state index is 11.3. The van der Waals surface area contributed by atoms with E-state index >= 15 is 0 Å². The highest BCUT2D eigenvalue weighted by Crippen LogP contribution is 1.94. The topological polar surface area (TPSA) is 104 Å². The van der Waals surface area contributed by atoms with Gasteiger partial charge < -0.3 is 20.3 Å². The predicted molar refractivity (Wildman–Crippen MR) is 53.6 cm³/mol. The predicted octanol–water partition coefficient (Wildman–Crippen LogP) is 0.337. The first-order valence-corrected chi connectivity index (χ1v) is 4.80. The van der Waals surface area contributed by atoms with Crippen LogP contribution in [-0.4, -0.2) is 28.3 Å². The van der Waals surface area contributed by atoms with E-state index in [-0.39, 0.29) is 6.54 Å². The maximum Gasteiger partial charge on any atom is 0.326 e. The van der Waals surface area contributed by atoms with Crippen LogP contribution in [0.25, 0.3) is 0 Å². The molecule has 0 saturated carbocycles. The van der Waals surface area contributed by atoms with E-state index in [1.807, 2.05) is 0 Å². The molecule has 0 fully saturated rings. The second kappa shape index (κ2) is 5.74. The van der Waals surface area contributed by atoms with E-state index in [1.165, 1.54) is 6.26 Å². The maximum atomic E-state index is 11.3. The van der Waals surface area contributed by atoms with Crippen molar-refractivity contribution in [1.82, 2.24) is 15.8 Å². The van der Waals surface area contributed by atoms with E-state index in [9.17, 15) is 9.59 Å². The summed E-state index contributed by atoms with van der Waals surface area (Å²) in [7, 11) is 0. The minimum atomic E-state index is -1.06. The number of nitrogens with one attached hydrogen (secondary N) is 2. The Hall–Kier alpha value is -2.05. The summed E-state index contributed by atoms with van der Waals surface area (Å²) in [4.78, 5) is 21.9. The van der Waals surface area contributed by atoms with Crippen molar-refractivity contribution in [3.8, 4) is 0 Å². The zero-order valence-electron chi connectivity index (χ0n) is 8.77. The fourth-order valence-corrected chi connectivity index (χ4v) is 1.05. The Morgan fingerprint density at radius 2 is 2.38 bits per heavy atom. The van der Waals surface area contributed by atoms with Crippen LogP contribution in [0.4, 0.5) is 4.79 Å². The zero-order valence-corrected chi connectivity index (χ0v) is 8.77. The molecule has 0 aromatic carbocycles. The van der Waals surface area contributed by atoms with Crippen LogP contribution in [-0.2, 0) is 11.3 Å². The number of hydrogen-bond acceptors (Lipinski definition) is 4. The largest absolute Gasteiger partial charge is 0.480 e. The molecule has 7 nitrogen and oxygen atoms in total. The number of rotatable bonds is 5. The highest BCUT2D eigenvalue weighted by atomic mass is 16.5. The lowest BCUT2D eigenvalue weighted by atomic mass is 10.2. The highest BCUT2D eigenvalue weighted by Gasteiger charge is 2.17. The van der Waals surface area contributed by atoms with Crippen molar-refractivity contribution >= 4 is 12.0 Å². The molecule has 2 amide bonds. The summed E-state index contributed by atoms with van der Waals surface area (Å²) in [5.41, 5.74) is 0.568. The minimum absolute atomic E-state index is 0.193. The van der Waals surface area contributed by atoms with Crippen molar-refractivity contribution in [2.45, 2.75) is 25.9 Å². The van der Waals surface area contributed by atoms with Crippen molar-refractivity contribution in [2.75, 3.05) is 0 Å². The summed E-state index contributed by atoms with van der Waals surface area (Å²) in [5.74, 6) is -1.06. The molecule has 0 spiro atoms. The second-order valence-corrected chi connectivity index (χ2v) is 3.12. The molecule has 1 aromatic heterocycles. The van der Waals surface area contributed by atoms with Crippen molar-refractivity contribution < 1.29 is 19.2 Å². The van der Waals surface area contributed by atoms with E-state index in [2.05, 4.69) is 20.3 Å². The monoisotopic (exact) mass is 227 g/mol. The van der Waals surface area contributed by atoms with Crippen LogP contribution < -0.4 is 10.6 Å². The summed E-state index contributed by atoms with van der Waals surface area (Å²) < 4.78 is 4.57. The lowest BCUT2D eigenvalue weighted by Crippen LogP contribution is -2.45. The molecule has 7 heteroatoms. The molecule has 1 aromatic rings. The quantitative estimate of drug-likeness (QED) is 0.672. The van der Waals surface area contributed by atoms with Crippen LogP contribution in [0.5, 0.6) is 0 Å². The van der Waals surface area contributed by atoms with Crippen LogP contribution in [0.2, 0.25) is 0 Å². The molecule has 0 saturated heterocycles. The molecule has 0 radical (unpaired) electrons. The number of aromatic nitrogens is 1. The van der Waals surface area contributed by atoms with Gasteiger partial charge in [0.2, 0.25) is 0 Å². The third-order valence-electron chi connectivity index (χ3n) is 1.93. The van der Waals surface area contributed by atoms with Crippen LogP contribution in [0.3, 0.4) is 0 Å². The molecule has 3 N–H and O–H groups in total. The first-order chi connectivity index (χ1) is 7.63. The molecule has 0 aliphatic rings. The highest BCUT2D eigenvalue weighted by molar-refractivity contribution is 5.82. The number of amides is 2. The number of hydrogen-bond donors (Lipinski definition) is 3. The van der Waals surface area contributed by atoms with Gasteiger partial charge in [-0.15, -0.1) is 0 Å². The van der Waals surface area contributed by atoms with Gasteiger partial charge >= 0.3 is 12.0 Å². The van der Waals surface area contributed by atoms with Crippen molar-refractivity contribution in [1.29, 1.82) is 0 Å². The Balaban J connectivity index is 2.33. The van der Waals surface area contributed by atoms with Crippen molar-refractivity contribution in [2.24, 2.45) is 0 Å². The summed E-state index contributed by atoms with van der Waals surface area (Å²) in [5, 5.41) is 17.1. The molecule has 1 heterocycles. The van der Waals surface area contributed by atoms with Crippen LogP contribution in [0.15, 0.2) is 16.9 Å². The van der Waals surface area contributed by atoms with Gasteiger partial charge in [-0.1, -0.05) is 12.1 Å². The normalized spacial score (nSPS) is 11.8. The number of nitrogens with zero attached hydrogens (tertiary/aromatic N) is 1. The van der Waals surface area contributed by atoms with Gasteiger partial charge in [0.15, 0.2) is 0 Å². The Bertz CT molecular complexity index is 350. The molecule has 0 aliphatic carbocycles. The Morgan fingerprint density at radius 1 is 1.62 bits per heavy atom. The summed E-state index contributed by atoms with van der Waals surface area (Å²) in [6.07, 6.45) is 1.72. The number of urea groups is 1. The van der Waals surface area contributed by atoms with E-state index in [0.717, 1.165) is 0 Å². The molecule has 0 aliphatic heterocycles. The number of carbonyl (C=O) groups is 2. The first kappa shape index (κ1) is 12.0. The SMILES string of the molecule is CC[C@H](NC(=O)NCc1ccon1)C(=O)O. The molecule has 0 unspecified atom stereocenters. The summed E-state index contributed by atoms with van der Waals surface area (Å²) in [6.45, 7) is 1.87. The Labute approximate surface area is 91.8 Å². The molecular formula is C9H13N3O4. The molecule has 1 atom stereocenters. The third kappa shape index (κ3) is 3.60. The number of carboxylic acids is 1. The molecule has 16 heavy (non-hydrogen) atoms. The lowest BCUT2D eigenvalue weighted by Gasteiger charge is -2.12. The fourth-order valence-electron chi connectivity index (χ4n) is 1.05. The van der Waals surface area contributed by atoms with E-state index in [4.69, 9.17) is 5.11 Å². The minimum Gasteiger partial charge on any atom is -0.480 e. The van der Waals surface area contributed by atoms with Gasteiger partial charge in [-0.25, -0.2) is 9.59 Å². The van der Waals surface area contributed by atoms with Gasteiger partial charge in [0.05, 0.1) is 6.54 Å². The van der Waals surface area contributed by atoms with Gasteiger partial charge in [0.25, 0.3) is 0 Å². The van der Waals surface area contributed by atoms with E-state index in [0.29, 0.717) is 12.1 Å². The molecule has 0 bridgehead atoms.